The zero-order valence-electron chi connectivity index (χ0n) is 14.9. The van der Waals surface area contributed by atoms with E-state index < -0.39 is 6.10 Å². The molecule has 27 heavy (non-hydrogen) atoms. The van der Waals surface area contributed by atoms with E-state index in [1.54, 1.807) is 37.1 Å². The van der Waals surface area contributed by atoms with Crippen molar-refractivity contribution >= 4 is 45.5 Å². The van der Waals surface area contributed by atoms with Crippen molar-refractivity contribution in [3.63, 3.8) is 0 Å². The molecule has 3 rings (SSSR count). The van der Waals surface area contributed by atoms with Crippen LogP contribution in [0.15, 0.2) is 46.1 Å². The Bertz CT molecular complexity index is 868. The van der Waals surface area contributed by atoms with E-state index in [0.29, 0.717) is 11.7 Å². The number of anilines is 1. The second kappa shape index (κ2) is 9.84. The second-order valence-corrected chi connectivity index (χ2v) is 8.77. The maximum Gasteiger partial charge on any atom is 0.255 e. The fourth-order valence-electron chi connectivity index (χ4n) is 2.11. The van der Waals surface area contributed by atoms with Gasteiger partial charge < -0.3 is 9.47 Å². The highest BCUT2D eigenvalue weighted by Gasteiger charge is 2.16. The number of aromatic nitrogens is 2. The molecule has 2 aromatic heterocycles. The van der Waals surface area contributed by atoms with E-state index in [2.05, 4.69) is 27.0 Å². The van der Waals surface area contributed by atoms with Gasteiger partial charge in [0.25, 0.3) is 5.91 Å². The molecule has 1 aromatic carbocycles. The average Bonchev–Trinajstić information content (AvgIpc) is 3.36. The first-order valence-electron chi connectivity index (χ1n) is 8.18. The molecule has 6 nitrogen and oxygen atoms in total. The number of ether oxygens (including phenoxy) is 2. The lowest BCUT2D eigenvalue weighted by Crippen LogP contribution is -2.27. The third-order valence-electron chi connectivity index (χ3n) is 3.56. The van der Waals surface area contributed by atoms with Gasteiger partial charge in [-0.05, 0) is 36.1 Å². The van der Waals surface area contributed by atoms with Gasteiger partial charge in [-0.1, -0.05) is 41.3 Å². The molecule has 0 fully saturated rings. The van der Waals surface area contributed by atoms with E-state index in [1.165, 1.54) is 16.2 Å². The van der Waals surface area contributed by atoms with Crippen LogP contribution in [0.2, 0.25) is 0 Å². The van der Waals surface area contributed by atoms with E-state index >= 15 is 0 Å². The molecule has 0 aliphatic heterocycles. The number of benzene rings is 1. The minimum absolute atomic E-state index is 0.246. The zero-order valence-corrected chi connectivity index (χ0v) is 17.3. The number of thioether (sulfide) groups is 1. The van der Waals surface area contributed by atoms with Crippen molar-refractivity contribution in [2.75, 3.05) is 12.4 Å². The van der Waals surface area contributed by atoms with Gasteiger partial charge in [-0.25, -0.2) is 0 Å². The van der Waals surface area contributed by atoms with E-state index in [9.17, 15) is 4.79 Å². The molecular weight excluding hydrogens is 402 g/mol. The third-order valence-corrected chi connectivity index (χ3v) is 6.64. The molecule has 3 aromatic rings. The molecule has 0 aliphatic rings. The highest BCUT2D eigenvalue weighted by atomic mass is 32.2. The monoisotopic (exact) mass is 421 g/mol. The van der Waals surface area contributed by atoms with Crippen molar-refractivity contribution in [1.29, 1.82) is 0 Å². The minimum atomic E-state index is -0.609. The van der Waals surface area contributed by atoms with Gasteiger partial charge in [-0.15, -0.1) is 21.5 Å². The molecule has 0 saturated carbocycles. The van der Waals surface area contributed by atoms with Crippen LogP contribution in [0, 0.1) is 0 Å². The fourth-order valence-corrected chi connectivity index (χ4v) is 4.64. The SMILES string of the molecule is COc1cccc(COC(C)C(=O)Nc2nnc(SCc3cccs3)s2)c1. The van der Waals surface area contributed by atoms with Crippen molar-refractivity contribution in [3.8, 4) is 5.75 Å². The Kier molecular flexibility index (Phi) is 7.22. The summed E-state index contributed by atoms with van der Waals surface area (Å²) in [6, 6.07) is 11.7. The van der Waals surface area contributed by atoms with Crippen LogP contribution in [0.5, 0.6) is 5.75 Å². The predicted molar refractivity (Wildman–Crippen MR) is 110 cm³/mol. The van der Waals surface area contributed by atoms with Gasteiger partial charge in [0.05, 0.1) is 13.7 Å². The molecule has 0 bridgehead atoms. The van der Waals surface area contributed by atoms with Crippen molar-refractivity contribution in [2.24, 2.45) is 0 Å². The number of hydrogen-bond acceptors (Lipinski definition) is 8. The van der Waals surface area contributed by atoms with Crippen LogP contribution in [0.1, 0.15) is 17.4 Å². The first kappa shape index (κ1) is 19.8. The highest BCUT2D eigenvalue weighted by Crippen LogP contribution is 2.29. The standard InChI is InChI=1S/C18H19N3O3S3/c1-12(24-10-13-5-3-6-14(9-13)23-2)16(22)19-17-20-21-18(27-17)26-11-15-7-4-8-25-15/h3-9,12H,10-11H2,1-2H3,(H,19,20,22). The third kappa shape index (κ3) is 6.03. The summed E-state index contributed by atoms with van der Waals surface area (Å²) in [5.74, 6) is 1.36. The fraction of sp³-hybridized carbons (Fsp3) is 0.278. The van der Waals surface area contributed by atoms with Crippen LogP contribution in [-0.2, 0) is 21.9 Å². The van der Waals surface area contributed by atoms with Crippen molar-refractivity contribution in [3.05, 3.63) is 52.2 Å². The summed E-state index contributed by atoms with van der Waals surface area (Å²) in [6.45, 7) is 2.03. The van der Waals surface area contributed by atoms with Crippen LogP contribution in [0.3, 0.4) is 0 Å². The molecule has 1 amide bonds. The number of hydrogen-bond donors (Lipinski definition) is 1. The molecular formula is C18H19N3O3S3. The maximum absolute atomic E-state index is 12.3. The maximum atomic E-state index is 12.3. The summed E-state index contributed by atoms with van der Waals surface area (Å²) >= 11 is 4.68. The lowest BCUT2D eigenvalue weighted by Gasteiger charge is -2.12. The normalized spacial score (nSPS) is 11.9. The summed E-state index contributed by atoms with van der Waals surface area (Å²) in [5.41, 5.74) is 0.942. The number of nitrogens with one attached hydrogen (secondary N) is 1. The smallest absolute Gasteiger partial charge is 0.255 e. The molecule has 0 aliphatic carbocycles. The summed E-state index contributed by atoms with van der Waals surface area (Å²) < 4.78 is 11.7. The first-order chi connectivity index (χ1) is 13.1. The first-order valence-corrected chi connectivity index (χ1v) is 10.9. The average molecular weight is 422 g/mol. The minimum Gasteiger partial charge on any atom is -0.497 e. The summed E-state index contributed by atoms with van der Waals surface area (Å²) in [5, 5.41) is 13.4. The van der Waals surface area contributed by atoms with Gasteiger partial charge in [0, 0.05) is 10.6 Å². The Labute approximate surface area is 169 Å². The van der Waals surface area contributed by atoms with Crippen molar-refractivity contribution in [1.82, 2.24) is 10.2 Å². The summed E-state index contributed by atoms with van der Waals surface area (Å²) in [4.78, 5) is 13.6. The van der Waals surface area contributed by atoms with Crippen molar-refractivity contribution < 1.29 is 14.3 Å². The highest BCUT2D eigenvalue weighted by molar-refractivity contribution is 8.00. The Hall–Kier alpha value is -1.94. The van der Waals surface area contributed by atoms with E-state index in [-0.39, 0.29) is 5.91 Å². The molecule has 1 unspecified atom stereocenters. The van der Waals surface area contributed by atoms with Gasteiger partial charge >= 0.3 is 0 Å². The Morgan fingerprint density at radius 3 is 2.96 bits per heavy atom. The van der Waals surface area contributed by atoms with Gasteiger partial charge in [-0.2, -0.15) is 0 Å². The lowest BCUT2D eigenvalue weighted by molar-refractivity contribution is -0.127. The number of carbonyl (C=O) groups excluding carboxylic acids is 1. The number of thiophene rings is 1. The van der Waals surface area contributed by atoms with E-state index in [4.69, 9.17) is 9.47 Å². The predicted octanol–water partition coefficient (Wildman–Crippen LogP) is 4.44. The van der Waals surface area contributed by atoms with Crippen LogP contribution in [-0.4, -0.2) is 29.3 Å². The number of nitrogens with zero attached hydrogens (tertiary/aromatic N) is 2. The van der Waals surface area contributed by atoms with Crippen LogP contribution >= 0.6 is 34.4 Å². The Morgan fingerprint density at radius 1 is 1.30 bits per heavy atom. The van der Waals surface area contributed by atoms with Gasteiger partial charge in [-0.3, -0.25) is 10.1 Å². The van der Waals surface area contributed by atoms with Crippen LogP contribution in [0.4, 0.5) is 5.13 Å². The molecule has 2 heterocycles. The molecule has 142 valence electrons. The van der Waals surface area contributed by atoms with E-state index in [1.807, 2.05) is 30.3 Å². The molecule has 1 atom stereocenters. The number of amides is 1. The zero-order chi connectivity index (χ0) is 19.1. The Balaban J connectivity index is 1.46. The largest absolute Gasteiger partial charge is 0.497 e. The molecule has 0 saturated heterocycles. The van der Waals surface area contributed by atoms with Crippen molar-refractivity contribution in [2.45, 2.75) is 29.7 Å². The van der Waals surface area contributed by atoms with Gasteiger partial charge in [0.1, 0.15) is 11.9 Å². The van der Waals surface area contributed by atoms with Gasteiger partial charge in [0.2, 0.25) is 5.13 Å². The molecule has 0 radical (unpaired) electrons. The Morgan fingerprint density at radius 2 is 2.19 bits per heavy atom. The second-order valence-electron chi connectivity index (χ2n) is 5.54. The quantitative estimate of drug-likeness (QED) is 0.407. The number of carbonyl (C=O) groups is 1. The van der Waals surface area contributed by atoms with E-state index in [0.717, 1.165) is 21.4 Å². The molecule has 9 heteroatoms. The number of methoxy groups -OCH3 is 1. The number of rotatable bonds is 9. The molecule has 0 spiro atoms. The summed E-state index contributed by atoms with van der Waals surface area (Å²) in [6.07, 6.45) is -0.609. The van der Waals surface area contributed by atoms with Crippen LogP contribution < -0.4 is 10.1 Å². The van der Waals surface area contributed by atoms with Crippen LogP contribution in [0.25, 0.3) is 0 Å². The lowest BCUT2D eigenvalue weighted by atomic mass is 10.2. The molecule has 1 N–H and O–H groups in total. The topological polar surface area (TPSA) is 73.3 Å². The van der Waals surface area contributed by atoms with Gasteiger partial charge in [0.15, 0.2) is 4.34 Å². The summed E-state index contributed by atoms with van der Waals surface area (Å²) in [7, 11) is 1.62.